The molecule has 5 nitrogen and oxygen atoms in total. The Bertz CT molecular complexity index is 1580. The topological polar surface area (TPSA) is 79.5 Å². The smallest absolute Gasteiger partial charge is 0.167 e. The maximum Gasteiger partial charge on any atom is 0.167 e. The van der Waals surface area contributed by atoms with E-state index in [1.54, 1.807) is 62.8 Å². The van der Waals surface area contributed by atoms with Gasteiger partial charge in [0.2, 0.25) is 0 Å². The van der Waals surface area contributed by atoms with Gasteiger partial charge in [0.25, 0.3) is 0 Å². The van der Waals surface area contributed by atoms with Crippen LogP contribution in [0.1, 0.15) is 57.8 Å². The number of nitrogens with zero attached hydrogens (tertiary/aromatic N) is 4. The van der Waals surface area contributed by atoms with E-state index in [1.807, 2.05) is 24.3 Å². The molecule has 0 N–H and O–H groups in total. The second-order valence-corrected chi connectivity index (χ2v) is 9.67. The highest BCUT2D eigenvalue weighted by Crippen LogP contribution is 2.31. The Morgan fingerprint density at radius 1 is 1.05 bits per heavy atom. The van der Waals surface area contributed by atoms with E-state index in [9.17, 15) is 10.1 Å². The third kappa shape index (κ3) is 4.81. The second kappa shape index (κ2) is 9.87. The molecule has 2 aromatic heterocycles. The molecular formula is C31H25FN4O. The normalized spacial score (nSPS) is 12.3. The van der Waals surface area contributed by atoms with Gasteiger partial charge in [-0.05, 0) is 48.7 Å². The summed E-state index contributed by atoms with van der Waals surface area (Å²) in [5, 5.41) is 9.44. The lowest BCUT2D eigenvalue weighted by Crippen LogP contribution is -2.15. The van der Waals surface area contributed by atoms with Crippen molar-refractivity contribution in [1.29, 1.82) is 5.26 Å². The van der Waals surface area contributed by atoms with Crippen LogP contribution >= 0.6 is 0 Å². The molecular weight excluding hydrogens is 463 g/mol. The summed E-state index contributed by atoms with van der Waals surface area (Å²) in [5.41, 5.74) is 5.55. The van der Waals surface area contributed by atoms with Crippen LogP contribution in [0.5, 0.6) is 0 Å². The first-order chi connectivity index (χ1) is 17.9. The van der Waals surface area contributed by atoms with E-state index in [4.69, 9.17) is 0 Å². The maximum atomic E-state index is 15.7. The SMILES string of the molecule is CC(C)(C#N)c1cccc(C(=O)Cc2cccc(Cc3ncccc3-c3ncnc4c3C=CC4)c2F)c1. The van der Waals surface area contributed by atoms with Gasteiger partial charge in [-0.1, -0.05) is 48.6 Å². The van der Waals surface area contributed by atoms with E-state index >= 15 is 4.39 Å². The van der Waals surface area contributed by atoms with Crippen molar-refractivity contribution < 1.29 is 9.18 Å². The third-order valence-corrected chi connectivity index (χ3v) is 6.76. The number of pyridine rings is 1. The average molecular weight is 489 g/mol. The van der Waals surface area contributed by atoms with Crippen LogP contribution < -0.4 is 0 Å². The van der Waals surface area contributed by atoms with E-state index in [-0.39, 0.29) is 18.6 Å². The summed E-state index contributed by atoms with van der Waals surface area (Å²) in [5.74, 6) is -0.609. The molecule has 1 aliphatic rings. The first kappa shape index (κ1) is 24.2. The summed E-state index contributed by atoms with van der Waals surface area (Å²) >= 11 is 0. The van der Waals surface area contributed by atoms with E-state index < -0.39 is 11.2 Å². The summed E-state index contributed by atoms with van der Waals surface area (Å²) in [6.45, 7) is 3.61. The number of hydrogen-bond donors (Lipinski definition) is 0. The average Bonchev–Trinajstić information content (AvgIpc) is 3.41. The number of allylic oxidation sites excluding steroid dienone is 1. The molecule has 0 radical (unpaired) electrons. The Hall–Kier alpha value is -4.50. The van der Waals surface area contributed by atoms with Crippen LogP contribution in [-0.2, 0) is 24.7 Å². The van der Waals surface area contributed by atoms with Crippen LogP contribution in [0.4, 0.5) is 4.39 Å². The van der Waals surface area contributed by atoms with Gasteiger partial charge in [-0.3, -0.25) is 9.78 Å². The first-order valence-corrected chi connectivity index (χ1v) is 12.1. The van der Waals surface area contributed by atoms with Gasteiger partial charge >= 0.3 is 0 Å². The van der Waals surface area contributed by atoms with Gasteiger partial charge in [0, 0.05) is 42.1 Å². The fourth-order valence-electron chi connectivity index (χ4n) is 4.57. The Balaban J connectivity index is 1.43. The molecule has 0 saturated carbocycles. The molecule has 0 atom stereocenters. The van der Waals surface area contributed by atoms with Crippen LogP contribution in [0, 0.1) is 17.1 Å². The predicted octanol–water partition coefficient (Wildman–Crippen LogP) is 6.06. The van der Waals surface area contributed by atoms with Crippen LogP contribution in [0.25, 0.3) is 17.3 Å². The maximum absolute atomic E-state index is 15.7. The van der Waals surface area contributed by atoms with E-state index in [1.165, 1.54) is 0 Å². The van der Waals surface area contributed by atoms with Crippen molar-refractivity contribution in [2.45, 2.75) is 38.5 Å². The van der Waals surface area contributed by atoms with Gasteiger partial charge < -0.3 is 0 Å². The van der Waals surface area contributed by atoms with Crippen LogP contribution in [0.15, 0.2) is 73.2 Å². The molecule has 0 bridgehead atoms. The lowest BCUT2D eigenvalue weighted by atomic mass is 9.85. The Labute approximate surface area is 215 Å². The number of rotatable bonds is 7. The first-order valence-electron chi connectivity index (χ1n) is 12.1. The third-order valence-electron chi connectivity index (χ3n) is 6.76. The summed E-state index contributed by atoms with van der Waals surface area (Å²) in [7, 11) is 0. The largest absolute Gasteiger partial charge is 0.294 e. The Kier molecular flexibility index (Phi) is 6.45. The van der Waals surface area contributed by atoms with Gasteiger partial charge in [0.05, 0.1) is 28.6 Å². The molecule has 0 saturated heterocycles. The number of halogens is 1. The van der Waals surface area contributed by atoms with Gasteiger partial charge in [-0.25, -0.2) is 14.4 Å². The summed E-state index contributed by atoms with van der Waals surface area (Å²) in [6.07, 6.45) is 8.27. The molecule has 0 amide bonds. The molecule has 0 unspecified atom stereocenters. The number of ketones is 1. The molecule has 182 valence electrons. The molecule has 0 fully saturated rings. The fourth-order valence-corrected chi connectivity index (χ4v) is 4.57. The standard InChI is InChI=1S/C31H25FN4O/c1-31(2,18-33)23-10-4-7-20(15-23)28(37)17-22-9-3-8-21(29(22)32)16-27-25(12-6-14-34-27)30-24-11-5-13-26(24)35-19-36-30/h3-12,14-15,19H,13,16-17H2,1-2H3. The van der Waals surface area contributed by atoms with Crippen molar-refractivity contribution in [3.63, 3.8) is 0 Å². The lowest BCUT2D eigenvalue weighted by Gasteiger charge is -2.16. The summed E-state index contributed by atoms with van der Waals surface area (Å²) < 4.78 is 15.7. The minimum atomic E-state index is -0.721. The molecule has 4 aromatic rings. The highest BCUT2D eigenvalue weighted by Gasteiger charge is 2.22. The van der Waals surface area contributed by atoms with E-state index in [0.717, 1.165) is 34.5 Å². The number of hydrogen-bond acceptors (Lipinski definition) is 5. The summed E-state index contributed by atoms with van der Waals surface area (Å²) in [4.78, 5) is 26.5. The monoisotopic (exact) mass is 488 g/mol. The second-order valence-electron chi connectivity index (χ2n) is 9.67. The Morgan fingerprint density at radius 3 is 2.70 bits per heavy atom. The van der Waals surface area contributed by atoms with Gasteiger partial charge in [0.15, 0.2) is 5.78 Å². The van der Waals surface area contributed by atoms with E-state index in [0.29, 0.717) is 22.4 Å². The number of aromatic nitrogens is 3. The summed E-state index contributed by atoms with van der Waals surface area (Å²) in [6, 6.07) is 18.2. The van der Waals surface area contributed by atoms with Crippen molar-refractivity contribution in [3.8, 4) is 17.3 Å². The molecule has 0 spiro atoms. The fraction of sp³-hybridized carbons (Fsp3) is 0.194. The number of benzene rings is 2. The molecule has 37 heavy (non-hydrogen) atoms. The highest BCUT2D eigenvalue weighted by molar-refractivity contribution is 5.97. The number of carbonyl (C=O) groups excluding carboxylic acids is 1. The van der Waals surface area contributed by atoms with Crippen LogP contribution in [0.2, 0.25) is 0 Å². The zero-order valence-electron chi connectivity index (χ0n) is 20.7. The van der Waals surface area contributed by atoms with Crippen molar-refractivity contribution in [3.05, 3.63) is 118 Å². The quantitative estimate of drug-likeness (QED) is 0.295. The van der Waals surface area contributed by atoms with Gasteiger partial charge in [0.1, 0.15) is 12.1 Å². The minimum absolute atomic E-state index is 0.0740. The minimum Gasteiger partial charge on any atom is -0.294 e. The zero-order valence-corrected chi connectivity index (χ0v) is 20.7. The van der Waals surface area contributed by atoms with Crippen molar-refractivity contribution >= 4 is 11.9 Å². The number of fused-ring (bicyclic) bond motifs is 1. The van der Waals surface area contributed by atoms with E-state index in [2.05, 4.69) is 27.1 Å². The highest BCUT2D eigenvalue weighted by atomic mass is 19.1. The molecule has 2 aromatic carbocycles. The van der Waals surface area contributed by atoms with Crippen LogP contribution in [-0.4, -0.2) is 20.7 Å². The van der Waals surface area contributed by atoms with Gasteiger partial charge in [-0.15, -0.1) is 0 Å². The van der Waals surface area contributed by atoms with Crippen LogP contribution in [0.3, 0.4) is 0 Å². The molecule has 5 rings (SSSR count). The number of carbonyl (C=O) groups is 1. The van der Waals surface area contributed by atoms with Gasteiger partial charge in [-0.2, -0.15) is 5.26 Å². The molecule has 2 heterocycles. The van der Waals surface area contributed by atoms with Crippen molar-refractivity contribution in [1.82, 2.24) is 15.0 Å². The number of Topliss-reactive ketones (excluding diaryl/α,β-unsaturated/α-hetero) is 1. The molecule has 0 aliphatic heterocycles. The number of nitriles is 1. The Morgan fingerprint density at radius 2 is 1.86 bits per heavy atom. The van der Waals surface area contributed by atoms with Crippen molar-refractivity contribution in [2.24, 2.45) is 0 Å². The predicted molar refractivity (Wildman–Crippen MR) is 140 cm³/mol. The molecule has 6 heteroatoms. The zero-order chi connectivity index (χ0) is 26.0. The molecule has 1 aliphatic carbocycles. The van der Waals surface area contributed by atoms with Crippen molar-refractivity contribution in [2.75, 3.05) is 0 Å². The lowest BCUT2D eigenvalue weighted by molar-refractivity contribution is 0.0991.